The van der Waals surface area contributed by atoms with Crippen LogP contribution in [0.3, 0.4) is 0 Å². The van der Waals surface area contributed by atoms with E-state index >= 15 is 0 Å². The predicted molar refractivity (Wildman–Crippen MR) is 151 cm³/mol. The Kier molecular flexibility index (Phi) is 6.50. The summed E-state index contributed by atoms with van der Waals surface area (Å²) in [5.74, 6) is 1.23. The lowest BCUT2D eigenvalue weighted by Gasteiger charge is -2.30. The van der Waals surface area contributed by atoms with Crippen LogP contribution in [0.15, 0.2) is 103 Å². The van der Waals surface area contributed by atoms with Gasteiger partial charge < -0.3 is 20.1 Å². The number of urea groups is 1. The van der Waals surface area contributed by atoms with E-state index in [2.05, 4.69) is 16.7 Å². The second-order valence-corrected chi connectivity index (χ2v) is 9.89. The molecule has 6 rings (SSSR count). The van der Waals surface area contributed by atoms with Crippen LogP contribution in [0.2, 0.25) is 0 Å². The van der Waals surface area contributed by atoms with Crippen molar-refractivity contribution >= 4 is 38.9 Å². The minimum absolute atomic E-state index is 0.277. The first kappa shape index (κ1) is 23.8. The van der Waals surface area contributed by atoms with E-state index in [1.54, 1.807) is 18.4 Å². The minimum Gasteiger partial charge on any atom is -0.493 e. The fourth-order valence-corrected chi connectivity index (χ4v) is 5.63. The summed E-state index contributed by atoms with van der Waals surface area (Å²) in [6.07, 6.45) is 0. The third kappa shape index (κ3) is 4.71. The summed E-state index contributed by atoms with van der Waals surface area (Å²) in [4.78, 5) is 17.9. The molecule has 38 heavy (non-hydrogen) atoms. The smallest absolute Gasteiger partial charge is 0.320 e. The highest BCUT2D eigenvalue weighted by Gasteiger charge is 2.32. The largest absolute Gasteiger partial charge is 0.493 e. The van der Waals surface area contributed by atoms with Crippen LogP contribution >= 0.6 is 11.3 Å². The summed E-state index contributed by atoms with van der Waals surface area (Å²) < 4.78 is 12.9. The lowest BCUT2D eigenvalue weighted by molar-refractivity contribution is 0.242. The molecule has 0 spiro atoms. The fourth-order valence-electron chi connectivity index (χ4n) is 4.59. The van der Waals surface area contributed by atoms with Crippen molar-refractivity contribution in [2.45, 2.75) is 12.6 Å². The summed E-state index contributed by atoms with van der Waals surface area (Å²) >= 11 is 1.61. The number of amides is 2. The molecule has 6 nitrogen and oxygen atoms in total. The van der Waals surface area contributed by atoms with E-state index < -0.39 is 6.04 Å². The quantitative estimate of drug-likeness (QED) is 0.248. The molecular formula is C31H25N3O3S. The molecule has 1 aromatic heterocycles. The Bertz CT molecular complexity index is 1600. The highest BCUT2D eigenvalue weighted by atomic mass is 32.1. The maximum Gasteiger partial charge on any atom is 0.320 e. The van der Waals surface area contributed by atoms with Gasteiger partial charge in [0.1, 0.15) is 11.6 Å². The number of carbonyl (C=O) groups is 1. The molecule has 2 heterocycles. The van der Waals surface area contributed by atoms with Gasteiger partial charge in [0.25, 0.3) is 0 Å². The fraction of sp³-hybridized carbons (Fsp3) is 0.0968. The Balaban J connectivity index is 1.47. The standard InChI is InChI=1S/C31H25N3O3S/c1-36-24-17-16-22(18-25(24)37-19-20-10-4-2-5-11-20)29-27(30-32-23-14-8-9-15-26(23)38-30)28(33-31(35)34-29)21-12-6-3-7-13-21/h2-18,29H,19H2,1H3,(H2,33,34,35). The van der Waals surface area contributed by atoms with Crippen molar-refractivity contribution in [3.05, 3.63) is 125 Å². The number of fused-ring (bicyclic) bond motifs is 1. The van der Waals surface area contributed by atoms with E-state index in [9.17, 15) is 4.79 Å². The van der Waals surface area contributed by atoms with Gasteiger partial charge in [0.15, 0.2) is 11.5 Å². The van der Waals surface area contributed by atoms with Gasteiger partial charge in [-0.15, -0.1) is 11.3 Å². The first-order chi connectivity index (χ1) is 18.7. The van der Waals surface area contributed by atoms with Gasteiger partial charge in [-0.25, -0.2) is 9.78 Å². The van der Waals surface area contributed by atoms with Crippen molar-refractivity contribution < 1.29 is 14.3 Å². The van der Waals surface area contributed by atoms with Crippen LogP contribution in [-0.4, -0.2) is 18.1 Å². The molecule has 188 valence electrons. The molecule has 0 bridgehead atoms. The van der Waals surface area contributed by atoms with Crippen LogP contribution < -0.4 is 20.1 Å². The van der Waals surface area contributed by atoms with Gasteiger partial charge in [0.05, 0.1) is 29.1 Å². The molecule has 2 amide bonds. The normalized spacial score (nSPS) is 15.2. The molecule has 0 saturated heterocycles. The minimum atomic E-state index is -0.454. The van der Waals surface area contributed by atoms with Crippen molar-refractivity contribution in [3.63, 3.8) is 0 Å². The van der Waals surface area contributed by atoms with E-state index in [0.29, 0.717) is 18.1 Å². The highest BCUT2D eigenvalue weighted by Crippen LogP contribution is 2.42. The van der Waals surface area contributed by atoms with E-state index in [1.807, 2.05) is 97.1 Å². The van der Waals surface area contributed by atoms with Crippen LogP contribution in [0.4, 0.5) is 4.79 Å². The van der Waals surface area contributed by atoms with E-state index in [0.717, 1.165) is 43.2 Å². The van der Waals surface area contributed by atoms with Crippen LogP contribution in [0.1, 0.15) is 27.7 Å². The number of methoxy groups -OCH3 is 1. The number of rotatable bonds is 7. The van der Waals surface area contributed by atoms with E-state index in [-0.39, 0.29) is 6.03 Å². The van der Waals surface area contributed by atoms with Gasteiger partial charge in [-0.1, -0.05) is 78.9 Å². The van der Waals surface area contributed by atoms with Gasteiger partial charge in [-0.05, 0) is 41.0 Å². The summed E-state index contributed by atoms with van der Waals surface area (Å²) in [7, 11) is 1.62. The Labute approximate surface area is 224 Å². The number of para-hydroxylation sites is 1. The number of nitrogens with one attached hydrogen (secondary N) is 2. The zero-order valence-corrected chi connectivity index (χ0v) is 21.5. The maximum absolute atomic E-state index is 13.0. The molecule has 7 heteroatoms. The van der Waals surface area contributed by atoms with Gasteiger partial charge in [0, 0.05) is 5.57 Å². The Hall–Kier alpha value is -4.62. The first-order valence-corrected chi connectivity index (χ1v) is 13.1. The Morgan fingerprint density at radius 2 is 1.61 bits per heavy atom. The van der Waals surface area contributed by atoms with Crippen LogP contribution in [0.25, 0.3) is 21.5 Å². The van der Waals surface area contributed by atoms with Gasteiger partial charge in [-0.3, -0.25) is 0 Å². The number of carbonyl (C=O) groups excluding carboxylic acids is 1. The molecule has 1 aliphatic heterocycles. The maximum atomic E-state index is 13.0. The zero-order valence-electron chi connectivity index (χ0n) is 20.7. The highest BCUT2D eigenvalue weighted by molar-refractivity contribution is 7.19. The molecule has 0 radical (unpaired) electrons. The van der Waals surface area contributed by atoms with Crippen LogP contribution in [-0.2, 0) is 6.61 Å². The number of hydrogen-bond donors (Lipinski definition) is 2. The van der Waals surface area contributed by atoms with Crippen LogP contribution in [0, 0.1) is 0 Å². The van der Waals surface area contributed by atoms with Crippen LogP contribution in [0.5, 0.6) is 11.5 Å². The molecule has 4 aromatic carbocycles. The van der Waals surface area contributed by atoms with Gasteiger partial charge >= 0.3 is 6.03 Å². The molecule has 0 fully saturated rings. The second kappa shape index (κ2) is 10.4. The molecule has 1 atom stereocenters. The zero-order chi connectivity index (χ0) is 25.9. The Morgan fingerprint density at radius 3 is 2.37 bits per heavy atom. The van der Waals surface area contributed by atoms with Crippen molar-refractivity contribution in [1.29, 1.82) is 0 Å². The van der Waals surface area contributed by atoms with Crippen molar-refractivity contribution in [3.8, 4) is 11.5 Å². The topological polar surface area (TPSA) is 72.5 Å². The molecule has 0 aliphatic carbocycles. The first-order valence-electron chi connectivity index (χ1n) is 12.3. The molecule has 1 aliphatic rings. The second-order valence-electron chi connectivity index (χ2n) is 8.86. The van der Waals surface area contributed by atoms with E-state index in [4.69, 9.17) is 14.5 Å². The predicted octanol–water partition coefficient (Wildman–Crippen LogP) is 6.81. The van der Waals surface area contributed by atoms with Crippen molar-refractivity contribution in [1.82, 2.24) is 15.6 Å². The summed E-state index contributed by atoms with van der Waals surface area (Å²) in [5.41, 5.74) is 5.39. The monoisotopic (exact) mass is 519 g/mol. The van der Waals surface area contributed by atoms with Gasteiger partial charge in [0.2, 0.25) is 0 Å². The summed E-state index contributed by atoms with van der Waals surface area (Å²) in [5, 5.41) is 7.01. The molecule has 5 aromatic rings. The van der Waals surface area contributed by atoms with E-state index in [1.165, 1.54) is 0 Å². The van der Waals surface area contributed by atoms with Gasteiger partial charge in [-0.2, -0.15) is 0 Å². The number of thiazole rings is 1. The van der Waals surface area contributed by atoms with Crippen molar-refractivity contribution in [2.75, 3.05) is 7.11 Å². The molecule has 2 N–H and O–H groups in total. The lowest BCUT2D eigenvalue weighted by atomic mass is 9.92. The number of nitrogens with zero attached hydrogens (tertiary/aromatic N) is 1. The number of aromatic nitrogens is 1. The molecular weight excluding hydrogens is 494 g/mol. The number of hydrogen-bond acceptors (Lipinski definition) is 5. The molecule has 1 unspecified atom stereocenters. The third-order valence-corrected chi connectivity index (χ3v) is 7.49. The number of benzene rings is 4. The Morgan fingerprint density at radius 1 is 0.868 bits per heavy atom. The SMILES string of the molecule is COc1ccc(C2NC(=O)NC(c3ccccc3)=C2c2nc3ccccc3s2)cc1OCc1ccccc1. The average molecular weight is 520 g/mol. The third-order valence-electron chi connectivity index (χ3n) is 6.42. The van der Waals surface area contributed by atoms with Crippen molar-refractivity contribution in [2.24, 2.45) is 0 Å². The molecule has 0 saturated carbocycles. The lowest BCUT2D eigenvalue weighted by Crippen LogP contribution is -2.43. The number of ether oxygens (including phenoxy) is 2. The summed E-state index contributed by atoms with van der Waals surface area (Å²) in [6.45, 7) is 0.398. The average Bonchev–Trinajstić information content (AvgIpc) is 3.40. The summed E-state index contributed by atoms with van der Waals surface area (Å²) in [6, 6.07) is 33.0.